The minimum absolute atomic E-state index is 0.0802. The van der Waals surface area contributed by atoms with Gasteiger partial charge in [0.15, 0.2) is 6.10 Å². The molecule has 0 radical (unpaired) electrons. The zero-order valence-electron chi connectivity index (χ0n) is 37.6. The van der Waals surface area contributed by atoms with E-state index in [0.717, 1.165) is 103 Å². The predicted octanol–water partition coefficient (Wildman–Crippen LogP) is 15.5. The Balaban J connectivity index is 4.35. The second kappa shape index (κ2) is 46.1. The summed E-state index contributed by atoms with van der Waals surface area (Å²) >= 11 is 0. The molecule has 0 aliphatic carbocycles. The van der Waals surface area contributed by atoms with Crippen LogP contribution in [0.3, 0.4) is 0 Å². The first-order valence-corrected chi connectivity index (χ1v) is 24.1. The van der Waals surface area contributed by atoms with Crippen molar-refractivity contribution in [2.24, 2.45) is 0 Å². The molecule has 0 aromatic carbocycles. The molecule has 330 valence electrons. The van der Waals surface area contributed by atoms with Crippen molar-refractivity contribution in [3.8, 4) is 0 Å². The van der Waals surface area contributed by atoms with E-state index in [4.69, 9.17) is 14.2 Å². The lowest BCUT2D eigenvalue weighted by Gasteiger charge is -2.18. The van der Waals surface area contributed by atoms with Gasteiger partial charge in [0.2, 0.25) is 0 Å². The number of hydrogen-bond acceptors (Lipinski definition) is 6. The van der Waals surface area contributed by atoms with Crippen molar-refractivity contribution < 1.29 is 28.6 Å². The van der Waals surface area contributed by atoms with E-state index in [9.17, 15) is 14.4 Å². The monoisotopic (exact) mass is 799 g/mol. The van der Waals surface area contributed by atoms with Crippen molar-refractivity contribution in [3.05, 3.63) is 48.6 Å². The molecule has 0 saturated heterocycles. The van der Waals surface area contributed by atoms with Gasteiger partial charge in [-0.25, -0.2) is 0 Å². The normalized spacial score (nSPS) is 12.4. The second-order valence-corrected chi connectivity index (χ2v) is 16.0. The summed E-state index contributed by atoms with van der Waals surface area (Å²) in [6.07, 6.45) is 53.8. The minimum atomic E-state index is -0.779. The molecule has 57 heavy (non-hydrogen) atoms. The van der Waals surface area contributed by atoms with Gasteiger partial charge in [-0.05, 0) is 77.0 Å². The number of carbonyl (C=O) groups is 3. The second-order valence-electron chi connectivity index (χ2n) is 16.0. The molecule has 0 aromatic heterocycles. The highest BCUT2D eigenvalue weighted by Gasteiger charge is 2.19. The standard InChI is InChI=1S/C51H90O6/c1-4-7-10-13-16-19-21-23-24-25-26-28-29-32-35-38-41-44-50(53)56-47-48(46-55-49(52)43-40-37-34-31-18-15-12-9-6-3)57-51(54)45-42-39-36-33-30-27-22-20-17-14-11-8-5-2/h11,14,16,19-20,22-24,48H,4-10,12-13,15,17-18,21,25-47H2,1-3H3/b14-11-,19-16-,22-20-,24-23-. The SMILES string of the molecule is CCC/C=C\C/C=C\CCCCCCCC(=O)OC(COC(=O)CCCCCCCCC/C=C\C/C=C\CCCCC)COC(=O)CCCCCCCCCCC. The molecule has 0 aromatic rings. The van der Waals surface area contributed by atoms with Gasteiger partial charge in [-0.3, -0.25) is 14.4 Å². The molecule has 0 heterocycles. The number of rotatable bonds is 43. The number of esters is 3. The maximum atomic E-state index is 12.7. The largest absolute Gasteiger partial charge is 0.462 e. The van der Waals surface area contributed by atoms with Crippen molar-refractivity contribution in [2.75, 3.05) is 13.2 Å². The maximum absolute atomic E-state index is 12.7. The molecule has 0 rings (SSSR count). The van der Waals surface area contributed by atoms with Crippen LogP contribution in [0.15, 0.2) is 48.6 Å². The molecule has 0 N–H and O–H groups in total. The van der Waals surface area contributed by atoms with Gasteiger partial charge < -0.3 is 14.2 Å². The van der Waals surface area contributed by atoms with Crippen LogP contribution < -0.4 is 0 Å². The zero-order chi connectivity index (χ0) is 41.5. The molecule has 0 spiro atoms. The fourth-order valence-corrected chi connectivity index (χ4v) is 6.63. The van der Waals surface area contributed by atoms with Gasteiger partial charge in [-0.1, -0.05) is 191 Å². The van der Waals surface area contributed by atoms with Crippen molar-refractivity contribution in [3.63, 3.8) is 0 Å². The van der Waals surface area contributed by atoms with Gasteiger partial charge in [-0.15, -0.1) is 0 Å². The first kappa shape index (κ1) is 54.4. The zero-order valence-corrected chi connectivity index (χ0v) is 37.6. The van der Waals surface area contributed by atoms with Gasteiger partial charge in [-0.2, -0.15) is 0 Å². The average Bonchev–Trinajstić information content (AvgIpc) is 3.21. The average molecular weight is 799 g/mol. The summed E-state index contributed by atoms with van der Waals surface area (Å²) in [4.78, 5) is 37.8. The molecular formula is C51H90O6. The van der Waals surface area contributed by atoms with Crippen LogP contribution in [0.1, 0.15) is 239 Å². The Morgan fingerprint density at radius 2 is 0.667 bits per heavy atom. The van der Waals surface area contributed by atoms with E-state index in [1.165, 1.54) is 96.3 Å². The summed E-state index contributed by atoms with van der Waals surface area (Å²) in [7, 11) is 0. The molecule has 0 bridgehead atoms. The minimum Gasteiger partial charge on any atom is -0.462 e. The summed E-state index contributed by atoms with van der Waals surface area (Å²) < 4.78 is 16.7. The lowest BCUT2D eigenvalue weighted by atomic mass is 10.1. The molecule has 0 saturated carbocycles. The van der Waals surface area contributed by atoms with Crippen LogP contribution in [-0.2, 0) is 28.6 Å². The van der Waals surface area contributed by atoms with Crippen molar-refractivity contribution in [1.82, 2.24) is 0 Å². The quantitative estimate of drug-likeness (QED) is 0.0265. The maximum Gasteiger partial charge on any atom is 0.306 e. The molecule has 0 aliphatic heterocycles. The van der Waals surface area contributed by atoms with E-state index < -0.39 is 6.10 Å². The molecule has 6 heteroatoms. The van der Waals surface area contributed by atoms with Gasteiger partial charge in [0.05, 0.1) is 0 Å². The molecular weight excluding hydrogens is 709 g/mol. The van der Waals surface area contributed by atoms with Crippen LogP contribution in [0.4, 0.5) is 0 Å². The van der Waals surface area contributed by atoms with Crippen LogP contribution in [0.2, 0.25) is 0 Å². The highest BCUT2D eigenvalue weighted by atomic mass is 16.6. The predicted molar refractivity (Wildman–Crippen MR) is 242 cm³/mol. The fourth-order valence-electron chi connectivity index (χ4n) is 6.63. The van der Waals surface area contributed by atoms with Crippen molar-refractivity contribution in [2.45, 2.75) is 245 Å². The highest BCUT2D eigenvalue weighted by Crippen LogP contribution is 2.14. The van der Waals surface area contributed by atoms with Gasteiger partial charge in [0, 0.05) is 19.3 Å². The van der Waals surface area contributed by atoms with E-state index in [2.05, 4.69) is 69.4 Å². The fraction of sp³-hybridized carbons (Fsp3) is 0.784. The molecule has 6 nitrogen and oxygen atoms in total. The summed E-state index contributed by atoms with van der Waals surface area (Å²) in [5.41, 5.74) is 0. The summed E-state index contributed by atoms with van der Waals surface area (Å²) in [5, 5.41) is 0. The third-order valence-electron chi connectivity index (χ3n) is 10.3. The molecule has 0 fully saturated rings. The van der Waals surface area contributed by atoms with Crippen LogP contribution in [0.5, 0.6) is 0 Å². The topological polar surface area (TPSA) is 78.9 Å². The van der Waals surface area contributed by atoms with E-state index in [1.807, 2.05) is 0 Å². The molecule has 1 atom stereocenters. The van der Waals surface area contributed by atoms with E-state index >= 15 is 0 Å². The van der Waals surface area contributed by atoms with Crippen molar-refractivity contribution >= 4 is 17.9 Å². The Kier molecular flexibility index (Phi) is 43.9. The third-order valence-corrected chi connectivity index (χ3v) is 10.3. The lowest BCUT2D eigenvalue weighted by Crippen LogP contribution is -2.30. The van der Waals surface area contributed by atoms with Crippen LogP contribution in [0, 0.1) is 0 Å². The third kappa shape index (κ3) is 44.3. The first-order valence-electron chi connectivity index (χ1n) is 24.1. The first-order chi connectivity index (χ1) is 28.0. The van der Waals surface area contributed by atoms with Crippen LogP contribution >= 0.6 is 0 Å². The van der Waals surface area contributed by atoms with Crippen molar-refractivity contribution in [1.29, 1.82) is 0 Å². The summed E-state index contributed by atoms with van der Waals surface area (Å²) in [6.45, 7) is 6.51. The van der Waals surface area contributed by atoms with Crippen LogP contribution in [0.25, 0.3) is 0 Å². The van der Waals surface area contributed by atoms with Crippen LogP contribution in [-0.4, -0.2) is 37.2 Å². The Hall–Kier alpha value is -2.63. The van der Waals surface area contributed by atoms with E-state index in [-0.39, 0.29) is 31.1 Å². The smallest absolute Gasteiger partial charge is 0.306 e. The van der Waals surface area contributed by atoms with Gasteiger partial charge in [0.1, 0.15) is 13.2 Å². The number of allylic oxidation sites excluding steroid dienone is 8. The number of hydrogen-bond donors (Lipinski definition) is 0. The Bertz CT molecular complexity index is 1010. The van der Waals surface area contributed by atoms with E-state index in [1.54, 1.807) is 0 Å². The molecule has 0 aliphatic rings. The lowest BCUT2D eigenvalue weighted by molar-refractivity contribution is -0.167. The van der Waals surface area contributed by atoms with Gasteiger partial charge >= 0.3 is 17.9 Å². The van der Waals surface area contributed by atoms with E-state index in [0.29, 0.717) is 19.3 Å². The number of unbranched alkanes of at least 4 members (excludes halogenated alkanes) is 24. The highest BCUT2D eigenvalue weighted by molar-refractivity contribution is 5.71. The number of carbonyl (C=O) groups excluding carboxylic acids is 3. The summed E-state index contributed by atoms with van der Waals surface area (Å²) in [5.74, 6) is -0.903. The molecule has 0 amide bonds. The molecule has 1 unspecified atom stereocenters. The summed E-state index contributed by atoms with van der Waals surface area (Å²) in [6, 6.07) is 0. The number of ether oxygens (including phenoxy) is 3. The Labute approximate surface area is 352 Å². The van der Waals surface area contributed by atoms with Gasteiger partial charge in [0.25, 0.3) is 0 Å². The Morgan fingerprint density at radius 3 is 1.07 bits per heavy atom. The Morgan fingerprint density at radius 1 is 0.351 bits per heavy atom.